The van der Waals surface area contributed by atoms with Crippen LogP contribution >= 0.6 is 23.2 Å². The van der Waals surface area contributed by atoms with E-state index in [1.807, 2.05) is 0 Å². The van der Waals surface area contributed by atoms with Gasteiger partial charge in [0.05, 0.1) is 9.96 Å². The number of halogens is 2. The van der Waals surface area contributed by atoms with Crippen molar-refractivity contribution in [3.8, 4) is 0 Å². The van der Waals surface area contributed by atoms with Crippen molar-refractivity contribution >= 4 is 34.9 Å². The van der Waals surface area contributed by atoms with E-state index in [1.54, 1.807) is 6.92 Å². The first-order valence-corrected chi connectivity index (χ1v) is 6.27. The number of benzene rings is 1. The molecule has 8 heteroatoms. The molecule has 1 aromatic rings. The minimum Gasteiger partial charge on any atom is -0.449 e. The van der Waals surface area contributed by atoms with E-state index in [0.717, 1.165) is 0 Å². The molecule has 20 heavy (non-hydrogen) atoms. The Hall–Kier alpha value is -1.63. The predicted octanol–water partition coefficient (Wildman–Crippen LogP) is 2.55. The fourth-order valence-corrected chi connectivity index (χ4v) is 2.22. The number of nitrogens with zero attached hydrogens (tertiary/aromatic N) is 1. The molecule has 1 N–H and O–H groups in total. The maximum absolute atomic E-state index is 11.2. The molecule has 0 bridgehead atoms. The van der Waals surface area contributed by atoms with Crippen molar-refractivity contribution in [2.45, 2.75) is 19.1 Å². The molecule has 1 heterocycles. The van der Waals surface area contributed by atoms with Crippen molar-refractivity contribution in [1.82, 2.24) is 0 Å². The summed E-state index contributed by atoms with van der Waals surface area (Å²) in [5.41, 5.74) is 0.524. The number of hydrogen-bond acceptors (Lipinski definition) is 5. The Bertz CT molecular complexity index is 628. The number of aliphatic hydroxyl groups excluding tert-OH is 1. The molecule has 2 rings (SSSR count). The van der Waals surface area contributed by atoms with Gasteiger partial charge in [-0.3, -0.25) is 10.1 Å². The van der Waals surface area contributed by atoms with Gasteiger partial charge in [0.1, 0.15) is 11.1 Å². The first kappa shape index (κ1) is 14.8. The second-order valence-corrected chi connectivity index (χ2v) is 5.02. The Morgan fingerprint density at radius 2 is 2.10 bits per heavy atom. The van der Waals surface area contributed by atoms with Gasteiger partial charge in [0.15, 0.2) is 6.10 Å². The van der Waals surface area contributed by atoms with Crippen LogP contribution in [0.25, 0.3) is 0 Å². The number of hydrogen-bond donors (Lipinski definition) is 1. The highest BCUT2D eigenvalue weighted by molar-refractivity contribution is 6.48. The number of carbonyl (C=O) groups is 1. The van der Waals surface area contributed by atoms with E-state index in [-0.39, 0.29) is 21.3 Å². The summed E-state index contributed by atoms with van der Waals surface area (Å²) in [6.07, 6.45) is -2.49. The van der Waals surface area contributed by atoms with E-state index in [4.69, 9.17) is 27.9 Å². The summed E-state index contributed by atoms with van der Waals surface area (Å²) in [5, 5.41) is 20.6. The number of rotatable bonds is 3. The highest BCUT2D eigenvalue weighted by Gasteiger charge is 2.38. The summed E-state index contributed by atoms with van der Waals surface area (Å²) in [6, 6.07) is 4.20. The van der Waals surface area contributed by atoms with Crippen molar-refractivity contribution in [3.05, 3.63) is 49.5 Å². The van der Waals surface area contributed by atoms with Gasteiger partial charge in [-0.25, -0.2) is 4.79 Å². The lowest BCUT2D eigenvalue weighted by Crippen LogP contribution is -2.20. The smallest absolute Gasteiger partial charge is 0.351 e. The van der Waals surface area contributed by atoms with Crippen molar-refractivity contribution in [1.29, 1.82) is 0 Å². The SMILES string of the molecule is Cc1ccc([C@@H](O)[C@H]2OC(=O)C(Cl)=C2Cl)cc1[N+](=O)[O-]. The molecule has 1 aliphatic heterocycles. The molecule has 1 aromatic carbocycles. The number of nitro groups is 1. The first-order chi connectivity index (χ1) is 9.32. The van der Waals surface area contributed by atoms with Gasteiger partial charge in [0.25, 0.3) is 5.69 Å². The number of esters is 1. The monoisotopic (exact) mass is 317 g/mol. The van der Waals surface area contributed by atoms with Crippen LogP contribution in [0.3, 0.4) is 0 Å². The lowest BCUT2D eigenvalue weighted by molar-refractivity contribution is -0.385. The molecule has 0 fully saturated rings. The Balaban J connectivity index is 2.36. The zero-order valence-corrected chi connectivity index (χ0v) is 11.7. The zero-order chi connectivity index (χ0) is 15.0. The third-order valence-corrected chi connectivity index (χ3v) is 3.79. The van der Waals surface area contributed by atoms with Crippen LogP contribution in [-0.2, 0) is 9.53 Å². The third kappa shape index (κ3) is 2.49. The van der Waals surface area contributed by atoms with Crippen molar-refractivity contribution in [3.63, 3.8) is 0 Å². The Kier molecular flexibility index (Phi) is 3.99. The highest BCUT2D eigenvalue weighted by Crippen LogP contribution is 2.37. The molecular formula is C12H9Cl2NO5. The highest BCUT2D eigenvalue weighted by atomic mass is 35.5. The molecule has 0 aromatic heterocycles. The number of ether oxygens (including phenoxy) is 1. The summed E-state index contributed by atoms with van der Waals surface area (Å²) >= 11 is 11.4. The number of nitro benzene ring substituents is 1. The molecule has 1 aliphatic rings. The van der Waals surface area contributed by atoms with Crippen LogP contribution in [0, 0.1) is 17.0 Å². The maximum Gasteiger partial charge on any atom is 0.351 e. The summed E-state index contributed by atoms with van der Waals surface area (Å²) in [6.45, 7) is 1.58. The number of cyclic esters (lactones) is 1. The van der Waals surface area contributed by atoms with Gasteiger partial charge in [0, 0.05) is 11.6 Å². The van der Waals surface area contributed by atoms with Crippen LogP contribution in [0.2, 0.25) is 0 Å². The Labute approximate surface area is 123 Å². The first-order valence-electron chi connectivity index (χ1n) is 5.52. The summed E-state index contributed by atoms with van der Waals surface area (Å²) in [4.78, 5) is 21.6. The van der Waals surface area contributed by atoms with Crippen LogP contribution in [0.1, 0.15) is 17.2 Å². The molecule has 0 radical (unpaired) electrons. The van der Waals surface area contributed by atoms with Crippen LogP contribution in [0.15, 0.2) is 28.3 Å². The topological polar surface area (TPSA) is 89.7 Å². The zero-order valence-electron chi connectivity index (χ0n) is 10.2. The summed E-state index contributed by atoms with van der Waals surface area (Å²) < 4.78 is 4.84. The van der Waals surface area contributed by atoms with Crippen molar-refractivity contribution in [2.75, 3.05) is 0 Å². The molecule has 0 amide bonds. The molecule has 0 saturated carbocycles. The molecule has 106 valence electrons. The van der Waals surface area contributed by atoms with Gasteiger partial charge in [-0.2, -0.15) is 0 Å². The van der Waals surface area contributed by atoms with E-state index < -0.39 is 23.1 Å². The molecule has 0 unspecified atom stereocenters. The standard InChI is InChI=1S/C12H9Cl2NO5/c1-5-2-3-6(4-7(5)15(18)19)10(16)11-8(13)9(14)12(17)20-11/h2-4,10-11,16H,1H3/t10-,11+/m1/s1. The van der Waals surface area contributed by atoms with Crippen molar-refractivity contribution < 1.29 is 19.6 Å². The fraction of sp³-hybridized carbons (Fsp3) is 0.250. The predicted molar refractivity (Wildman–Crippen MR) is 71.4 cm³/mol. The normalized spacial score (nSPS) is 20.0. The summed E-state index contributed by atoms with van der Waals surface area (Å²) in [7, 11) is 0. The minimum atomic E-state index is -1.33. The molecule has 0 saturated heterocycles. The fourth-order valence-electron chi connectivity index (χ4n) is 1.83. The molecule has 0 aliphatic carbocycles. The van der Waals surface area contributed by atoms with Gasteiger partial charge >= 0.3 is 5.97 Å². The lowest BCUT2D eigenvalue weighted by Gasteiger charge is -2.18. The summed E-state index contributed by atoms with van der Waals surface area (Å²) in [5.74, 6) is -0.831. The minimum absolute atomic E-state index is 0.118. The van der Waals surface area contributed by atoms with Crippen LogP contribution < -0.4 is 0 Å². The Morgan fingerprint density at radius 3 is 2.60 bits per heavy atom. The maximum atomic E-state index is 11.2. The van der Waals surface area contributed by atoms with Crippen LogP contribution in [-0.4, -0.2) is 22.1 Å². The quantitative estimate of drug-likeness (QED) is 0.525. The molecule has 0 spiro atoms. The second kappa shape index (κ2) is 5.40. The van der Waals surface area contributed by atoms with E-state index in [1.165, 1.54) is 18.2 Å². The van der Waals surface area contributed by atoms with E-state index >= 15 is 0 Å². The average Bonchev–Trinajstić information content (AvgIpc) is 2.66. The second-order valence-electron chi connectivity index (χ2n) is 4.24. The molecule has 6 nitrogen and oxygen atoms in total. The molecule has 2 atom stereocenters. The van der Waals surface area contributed by atoms with Gasteiger partial charge in [0.2, 0.25) is 0 Å². The van der Waals surface area contributed by atoms with Gasteiger partial charge in [-0.05, 0) is 12.5 Å². The van der Waals surface area contributed by atoms with Crippen molar-refractivity contribution in [2.24, 2.45) is 0 Å². The van der Waals surface area contributed by atoms with Gasteiger partial charge in [-0.15, -0.1) is 0 Å². The van der Waals surface area contributed by atoms with Gasteiger partial charge < -0.3 is 9.84 Å². The Morgan fingerprint density at radius 1 is 1.45 bits per heavy atom. The van der Waals surface area contributed by atoms with Crippen LogP contribution in [0.4, 0.5) is 5.69 Å². The lowest BCUT2D eigenvalue weighted by atomic mass is 10.0. The van der Waals surface area contributed by atoms with E-state index in [0.29, 0.717) is 5.56 Å². The van der Waals surface area contributed by atoms with Gasteiger partial charge in [-0.1, -0.05) is 35.3 Å². The largest absolute Gasteiger partial charge is 0.449 e. The number of carbonyl (C=O) groups excluding carboxylic acids is 1. The van der Waals surface area contributed by atoms with E-state index in [9.17, 15) is 20.0 Å². The number of aryl methyl sites for hydroxylation is 1. The number of aliphatic hydroxyl groups is 1. The molecular weight excluding hydrogens is 309 g/mol. The van der Waals surface area contributed by atoms with E-state index in [2.05, 4.69) is 0 Å². The average molecular weight is 318 g/mol. The van der Waals surface area contributed by atoms with Crippen LogP contribution in [0.5, 0.6) is 0 Å². The third-order valence-electron chi connectivity index (χ3n) is 2.93.